The van der Waals surface area contributed by atoms with Gasteiger partial charge < -0.3 is 19.7 Å². The third-order valence-corrected chi connectivity index (χ3v) is 5.83. The van der Waals surface area contributed by atoms with Crippen LogP contribution < -0.4 is 19.7 Å². The average Bonchev–Trinajstić information content (AvgIpc) is 3.26. The molecule has 0 spiro atoms. The van der Waals surface area contributed by atoms with Gasteiger partial charge in [0.25, 0.3) is 0 Å². The fraction of sp³-hybridized carbons (Fsp3) is 0.348. The summed E-state index contributed by atoms with van der Waals surface area (Å²) in [5, 5.41) is 8.16. The Morgan fingerprint density at radius 2 is 1.85 bits per heavy atom. The number of aromatic nitrogens is 6. The molecule has 0 atom stereocenters. The summed E-state index contributed by atoms with van der Waals surface area (Å²) in [5.74, 6) is 2.57. The molecule has 1 saturated heterocycles. The van der Waals surface area contributed by atoms with E-state index in [0.29, 0.717) is 23.8 Å². The number of rotatable bonds is 6. The second-order valence-electron chi connectivity index (χ2n) is 7.96. The lowest BCUT2D eigenvalue weighted by atomic mass is 10.1. The number of anilines is 2. The van der Waals surface area contributed by atoms with E-state index in [9.17, 15) is 0 Å². The van der Waals surface area contributed by atoms with Gasteiger partial charge in [-0.3, -0.25) is 0 Å². The lowest BCUT2D eigenvalue weighted by Gasteiger charge is -2.32. The van der Waals surface area contributed by atoms with Gasteiger partial charge in [-0.05, 0) is 38.0 Å². The van der Waals surface area contributed by atoms with Crippen LogP contribution in [0.5, 0.6) is 11.8 Å². The standard InChI is InChI=1S/C23H26N8O2/c1-15-13-19(25-14-24-15)30-11-8-16(9-12-30)26-23-28-21-17(5-4-10-31(21)29-23)18-6-7-20(32-2)27-22(18)33-3/h4-7,10,13-14,16H,8-9,11-12H2,1-3H3,(H,26,29). The van der Waals surface area contributed by atoms with Crippen molar-refractivity contribution >= 4 is 17.4 Å². The van der Waals surface area contributed by atoms with Gasteiger partial charge in [0.1, 0.15) is 12.1 Å². The minimum absolute atomic E-state index is 0.294. The van der Waals surface area contributed by atoms with Crippen LogP contribution in [0.2, 0.25) is 0 Å². The highest BCUT2D eigenvalue weighted by molar-refractivity contribution is 5.81. The number of nitrogens with one attached hydrogen (secondary N) is 1. The second kappa shape index (κ2) is 8.89. The van der Waals surface area contributed by atoms with Gasteiger partial charge in [0.2, 0.25) is 17.7 Å². The van der Waals surface area contributed by atoms with Crippen LogP contribution in [0.4, 0.5) is 11.8 Å². The van der Waals surface area contributed by atoms with Gasteiger partial charge in [0, 0.05) is 54.3 Å². The number of piperidine rings is 1. The number of hydrogen-bond donors (Lipinski definition) is 1. The fourth-order valence-electron chi connectivity index (χ4n) is 4.12. The fourth-order valence-corrected chi connectivity index (χ4v) is 4.12. The third-order valence-electron chi connectivity index (χ3n) is 5.83. The number of aryl methyl sites for hydroxylation is 1. The second-order valence-corrected chi connectivity index (χ2v) is 7.96. The molecule has 0 aliphatic carbocycles. The normalized spacial score (nSPS) is 14.5. The lowest BCUT2D eigenvalue weighted by molar-refractivity contribution is 0.366. The van der Waals surface area contributed by atoms with Crippen molar-refractivity contribution < 1.29 is 9.47 Å². The first-order chi connectivity index (χ1) is 16.1. The maximum absolute atomic E-state index is 5.50. The molecule has 0 bridgehead atoms. The summed E-state index contributed by atoms with van der Waals surface area (Å²) in [6.45, 7) is 3.82. The average molecular weight is 447 g/mol. The van der Waals surface area contributed by atoms with Gasteiger partial charge in [0.05, 0.1) is 14.2 Å². The number of fused-ring (bicyclic) bond motifs is 1. The van der Waals surface area contributed by atoms with Crippen LogP contribution in [0.1, 0.15) is 18.5 Å². The predicted molar refractivity (Wildman–Crippen MR) is 125 cm³/mol. The summed E-state index contributed by atoms with van der Waals surface area (Å²) in [4.78, 5) is 20.1. The predicted octanol–water partition coefficient (Wildman–Crippen LogP) is 2.99. The van der Waals surface area contributed by atoms with E-state index in [1.165, 1.54) is 0 Å². The summed E-state index contributed by atoms with van der Waals surface area (Å²) >= 11 is 0. The van der Waals surface area contributed by atoms with Crippen molar-refractivity contribution in [1.82, 2.24) is 29.5 Å². The van der Waals surface area contributed by atoms with Crippen molar-refractivity contribution in [3.63, 3.8) is 0 Å². The summed E-state index contributed by atoms with van der Waals surface area (Å²) in [6, 6.07) is 9.98. The molecule has 0 unspecified atom stereocenters. The largest absolute Gasteiger partial charge is 0.481 e. The van der Waals surface area contributed by atoms with Crippen LogP contribution in [-0.2, 0) is 0 Å². The number of ether oxygens (including phenoxy) is 2. The molecule has 33 heavy (non-hydrogen) atoms. The molecule has 4 aromatic heterocycles. The van der Waals surface area contributed by atoms with E-state index >= 15 is 0 Å². The highest BCUT2D eigenvalue weighted by Gasteiger charge is 2.22. The zero-order chi connectivity index (χ0) is 22.8. The highest BCUT2D eigenvalue weighted by Crippen LogP contribution is 2.33. The third kappa shape index (κ3) is 4.23. The van der Waals surface area contributed by atoms with Crippen LogP contribution in [0.25, 0.3) is 16.8 Å². The van der Waals surface area contributed by atoms with Crippen LogP contribution >= 0.6 is 0 Å². The zero-order valence-corrected chi connectivity index (χ0v) is 18.9. The molecule has 1 aliphatic heterocycles. The summed E-state index contributed by atoms with van der Waals surface area (Å²) < 4.78 is 12.5. The van der Waals surface area contributed by atoms with E-state index in [0.717, 1.165) is 54.2 Å². The molecule has 1 N–H and O–H groups in total. The first-order valence-corrected chi connectivity index (χ1v) is 10.9. The van der Waals surface area contributed by atoms with Crippen LogP contribution in [-0.4, -0.2) is 62.9 Å². The van der Waals surface area contributed by atoms with E-state index in [1.807, 2.05) is 43.5 Å². The Labute approximate surface area is 191 Å². The SMILES string of the molecule is COc1ccc(-c2cccn3nc(NC4CCN(c5cc(C)ncn5)CC4)nc23)c(OC)n1. The number of pyridine rings is 2. The van der Waals surface area contributed by atoms with Crippen molar-refractivity contribution in [2.45, 2.75) is 25.8 Å². The molecular weight excluding hydrogens is 420 g/mol. The Morgan fingerprint density at radius 3 is 2.61 bits per heavy atom. The monoisotopic (exact) mass is 446 g/mol. The Bertz CT molecular complexity index is 1270. The molecule has 10 heteroatoms. The highest BCUT2D eigenvalue weighted by atomic mass is 16.5. The van der Waals surface area contributed by atoms with E-state index < -0.39 is 0 Å². The van der Waals surface area contributed by atoms with E-state index in [-0.39, 0.29) is 0 Å². The maximum atomic E-state index is 5.50. The minimum atomic E-state index is 0.294. The first-order valence-electron chi connectivity index (χ1n) is 10.9. The topological polar surface area (TPSA) is 103 Å². The van der Waals surface area contributed by atoms with Gasteiger partial charge in [-0.25, -0.2) is 14.5 Å². The molecule has 0 radical (unpaired) electrons. The van der Waals surface area contributed by atoms with Gasteiger partial charge in [-0.2, -0.15) is 9.97 Å². The Morgan fingerprint density at radius 1 is 1.00 bits per heavy atom. The quantitative estimate of drug-likeness (QED) is 0.479. The molecule has 4 aromatic rings. The Hall–Kier alpha value is -3.95. The van der Waals surface area contributed by atoms with Gasteiger partial charge >= 0.3 is 0 Å². The smallest absolute Gasteiger partial charge is 0.243 e. The maximum Gasteiger partial charge on any atom is 0.243 e. The summed E-state index contributed by atoms with van der Waals surface area (Å²) in [6.07, 6.45) is 5.46. The lowest BCUT2D eigenvalue weighted by Crippen LogP contribution is -2.39. The van der Waals surface area contributed by atoms with Crippen molar-refractivity contribution in [3.05, 3.63) is 48.5 Å². The van der Waals surface area contributed by atoms with Crippen LogP contribution in [0.3, 0.4) is 0 Å². The van der Waals surface area contributed by atoms with Crippen molar-refractivity contribution in [3.8, 4) is 22.9 Å². The van der Waals surface area contributed by atoms with E-state index in [4.69, 9.17) is 14.5 Å². The van der Waals surface area contributed by atoms with Gasteiger partial charge in [-0.1, -0.05) is 0 Å². The Balaban J connectivity index is 1.34. The van der Waals surface area contributed by atoms with Gasteiger partial charge in [-0.15, -0.1) is 5.10 Å². The molecular formula is C23H26N8O2. The molecule has 0 aromatic carbocycles. The molecule has 1 aliphatic rings. The minimum Gasteiger partial charge on any atom is -0.481 e. The van der Waals surface area contributed by atoms with E-state index in [2.05, 4.69) is 30.3 Å². The van der Waals surface area contributed by atoms with E-state index in [1.54, 1.807) is 25.1 Å². The first kappa shape index (κ1) is 20.9. The number of methoxy groups -OCH3 is 2. The zero-order valence-electron chi connectivity index (χ0n) is 18.9. The molecule has 0 saturated carbocycles. The van der Waals surface area contributed by atoms with Gasteiger partial charge in [0.15, 0.2) is 5.65 Å². The molecule has 10 nitrogen and oxygen atoms in total. The van der Waals surface area contributed by atoms with Crippen LogP contribution in [0.15, 0.2) is 42.9 Å². The number of nitrogens with zero attached hydrogens (tertiary/aromatic N) is 7. The molecule has 170 valence electrons. The molecule has 1 fully saturated rings. The van der Waals surface area contributed by atoms with Crippen molar-refractivity contribution in [2.24, 2.45) is 0 Å². The van der Waals surface area contributed by atoms with Crippen molar-refractivity contribution in [2.75, 3.05) is 37.5 Å². The molecule has 5 rings (SSSR count). The Kier molecular flexibility index (Phi) is 5.64. The molecule has 5 heterocycles. The number of hydrogen-bond acceptors (Lipinski definition) is 9. The van der Waals surface area contributed by atoms with Crippen molar-refractivity contribution in [1.29, 1.82) is 0 Å². The summed E-state index contributed by atoms with van der Waals surface area (Å²) in [5.41, 5.74) is 3.43. The summed E-state index contributed by atoms with van der Waals surface area (Å²) in [7, 11) is 3.18. The molecule has 0 amide bonds. The van der Waals surface area contributed by atoms with Crippen LogP contribution in [0, 0.1) is 6.92 Å².